The van der Waals surface area contributed by atoms with Crippen molar-refractivity contribution in [3.8, 4) is 11.5 Å². The Morgan fingerprint density at radius 3 is 2.83 bits per heavy atom. The summed E-state index contributed by atoms with van der Waals surface area (Å²) in [5.74, 6) is 0.805. The van der Waals surface area contributed by atoms with Crippen molar-refractivity contribution in [2.45, 2.75) is 26.0 Å². The van der Waals surface area contributed by atoms with Gasteiger partial charge in [-0.25, -0.2) is 0 Å². The van der Waals surface area contributed by atoms with Crippen LogP contribution >= 0.6 is 0 Å². The van der Waals surface area contributed by atoms with E-state index in [1.165, 1.54) is 7.11 Å². The Hall–Kier alpha value is -2.05. The Kier molecular flexibility index (Phi) is 4.54. The zero-order chi connectivity index (χ0) is 16.4. The fourth-order valence-corrected chi connectivity index (χ4v) is 3.21. The molecule has 1 aromatic carbocycles. The van der Waals surface area contributed by atoms with E-state index in [2.05, 4.69) is 15.1 Å². The van der Waals surface area contributed by atoms with Crippen LogP contribution in [0.3, 0.4) is 0 Å². The lowest BCUT2D eigenvalue weighted by atomic mass is 10.0. The second kappa shape index (κ2) is 6.60. The summed E-state index contributed by atoms with van der Waals surface area (Å²) in [4.78, 5) is 2.20. The van der Waals surface area contributed by atoms with E-state index in [9.17, 15) is 10.2 Å². The molecule has 0 bridgehead atoms. The van der Waals surface area contributed by atoms with Gasteiger partial charge >= 0.3 is 0 Å². The van der Waals surface area contributed by atoms with Gasteiger partial charge in [-0.05, 0) is 37.1 Å². The molecule has 2 atom stereocenters. The molecule has 3 N–H and O–H groups in total. The highest BCUT2D eigenvalue weighted by Crippen LogP contribution is 2.28. The zero-order valence-corrected chi connectivity index (χ0v) is 13.5. The van der Waals surface area contributed by atoms with Gasteiger partial charge in [-0.15, -0.1) is 0 Å². The average molecular weight is 317 g/mol. The van der Waals surface area contributed by atoms with Crippen molar-refractivity contribution in [3.63, 3.8) is 0 Å². The highest BCUT2D eigenvalue weighted by Gasteiger charge is 2.31. The number of nitrogens with one attached hydrogen (secondary N) is 1. The van der Waals surface area contributed by atoms with E-state index < -0.39 is 0 Å². The maximum absolute atomic E-state index is 10.3. The van der Waals surface area contributed by atoms with Gasteiger partial charge in [0.25, 0.3) is 0 Å². The third-order valence-corrected chi connectivity index (χ3v) is 4.36. The number of phenolic OH excluding ortho intramolecular Hbond substituents is 1. The van der Waals surface area contributed by atoms with Crippen LogP contribution in [0.2, 0.25) is 0 Å². The molecule has 0 radical (unpaired) electrons. The van der Waals surface area contributed by atoms with Crippen molar-refractivity contribution in [2.75, 3.05) is 20.2 Å². The van der Waals surface area contributed by atoms with E-state index in [-0.39, 0.29) is 17.8 Å². The molecule has 2 aromatic rings. The SMILES string of the molecule is COc1ccc(CN2C[C@@H](Cc3cc(C)[nH]n3)[C@H](O)C2)cc1O. The number of nitrogens with zero attached hydrogens (tertiary/aromatic N) is 2. The molecule has 6 heteroatoms. The smallest absolute Gasteiger partial charge is 0.160 e. The largest absolute Gasteiger partial charge is 0.504 e. The van der Waals surface area contributed by atoms with Crippen LogP contribution in [0.1, 0.15) is 17.0 Å². The highest BCUT2D eigenvalue weighted by atomic mass is 16.5. The van der Waals surface area contributed by atoms with Gasteiger partial charge in [-0.1, -0.05) is 6.07 Å². The minimum Gasteiger partial charge on any atom is -0.504 e. The van der Waals surface area contributed by atoms with Gasteiger partial charge < -0.3 is 14.9 Å². The third kappa shape index (κ3) is 3.65. The van der Waals surface area contributed by atoms with Crippen LogP contribution in [0.25, 0.3) is 0 Å². The molecular weight excluding hydrogens is 294 g/mol. The van der Waals surface area contributed by atoms with Crippen LogP contribution in [0.4, 0.5) is 0 Å². The number of likely N-dealkylation sites (tertiary alicyclic amines) is 1. The second-order valence-electron chi connectivity index (χ2n) is 6.27. The van der Waals surface area contributed by atoms with Gasteiger partial charge in [0.2, 0.25) is 0 Å². The number of benzene rings is 1. The first-order chi connectivity index (χ1) is 11.0. The molecule has 0 aliphatic carbocycles. The monoisotopic (exact) mass is 317 g/mol. The number of aliphatic hydroxyl groups excluding tert-OH is 1. The molecule has 0 saturated carbocycles. The molecule has 124 valence electrons. The van der Waals surface area contributed by atoms with Gasteiger partial charge in [0, 0.05) is 31.2 Å². The van der Waals surface area contributed by atoms with Gasteiger partial charge in [0.15, 0.2) is 11.5 Å². The number of aromatic nitrogens is 2. The van der Waals surface area contributed by atoms with Crippen molar-refractivity contribution < 1.29 is 14.9 Å². The van der Waals surface area contributed by atoms with Crippen molar-refractivity contribution >= 4 is 0 Å². The first kappa shape index (κ1) is 15.8. The van der Waals surface area contributed by atoms with Crippen molar-refractivity contribution in [1.29, 1.82) is 0 Å². The summed E-state index contributed by atoms with van der Waals surface area (Å²) in [5.41, 5.74) is 3.04. The average Bonchev–Trinajstić information content (AvgIpc) is 3.06. The number of hydrogen-bond acceptors (Lipinski definition) is 5. The maximum atomic E-state index is 10.3. The van der Waals surface area contributed by atoms with E-state index in [0.29, 0.717) is 18.8 Å². The molecule has 1 aliphatic heterocycles. The highest BCUT2D eigenvalue weighted by molar-refractivity contribution is 5.41. The number of aromatic amines is 1. The lowest BCUT2D eigenvalue weighted by molar-refractivity contribution is 0.140. The predicted octanol–water partition coefficient (Wildman–Crippen LogP) is 1.47. The van der Waals surface area contributed by atoms with Crippen LogP contribution in [-0.2, 0) is 13.0 Å². The number of β-amino-alcohol motifs (C(OH)–C–C–N with tert-alkyl or cyclic N) is 1. The van der Waals surface area contributed by atoms with Gasteiger partial charge in [0.1, 0.15) is 0 Å². The Labute approximate surface area is 135 Å². The van der Waals surface area contributed by atoms with Crippen molar-refractivity contribution in [3.05, 3.63) is 41.2 Å². The molecule has 1 saturated heterocycles. The number of aryl methyl sites for hydroxylation is 1. The standard InChI is InChI=1S/C17H23N3O3/c1-11-5-14(19-18-11)7-13-9-20(10-16(13)22)8-12-3-4-17(23-2)15(21)6-12/h3-6,13,16,21-22H,7-10H2,1-2H3,(H,18,19)/t13-,16-/m1/s1. The summed E-state index contributed by atoms with van der Waals surface area (Å²) in [6, 6.07) is 7.45. The van der Waals surface area contributed by atoms with Crippen LogP contribution in [-0.4, -0.2) is 51.6 Å². The topological polar surface area (TPSA) is 81.6 Å². The van der Waals surface area contributed by atoms with E-state index in [1.54, 1.807) is 12.1 Å². The number of H-pyrrole nitrogens is 1. The van der Waals surface area contributed by atoms with Crippen molar-refractivity contribution in [2.24, 2.45) is 5.92 Å². The Balaban J connectivity index is 1.61. The molecule has 2 heterocycles. The first-order valence-corrected chi connectivity index (χ1v) is 7.82. The molecule has 1 aliphatic rings. The molecule has 1 fully saturated rings. The van der Waals surface area contributed by atoms with Crippen LogP contribution in [0.15, 0.2) is 24.3 Å². The number of ether oxygens (including phenoxy) is 1. The van der Waals surface area contributed by atoms with Crippen LogP contribution in [0.5, 0.6) is 11.5 Å². The van der Waals surface area contributed by atoms with Crippen molar-refractivity contribution in [1.82, 2.24) is 15.1 Å². The number of methoxy groups -OCH3 is 1. The Bertz CT molecular complexity index is 671. The summed E-state index contributed by atoms with van der Waals surface area (Å²) in [6.45, 7) is 4.13. The number of aliphatic hydroxyl groups is 1. The number of phenols is 1. The summed E-state index contributed by atoms with van der Waals surface area (Å²) in [6.07, 6.45) is 0.425. The minimum absolute atomic E-state index is 0.147. The Morgan fingerprint density at radius 1 is 1.35 bits per heavy atom. The van der Waals surface area contributed by atoms with E-state index in [0.717, 1.165) is 29.9 Å². The predicted molar refractivity (Wildman–Crippen MR) is 86.5 cm³/mol. The molecule has 0 amide bonds. The zero-order valence-electron chi connectivity index (χ0n) is 13.5. The quantitative estimate of drug-likeness (QED) is 0.778. The molecule has 3 rings (SSSR count). The Morgan fingerprint density at radius 2 is 2.17 bits per heavy atom. The molecular formula is C17H23N3O3. The fourth-order valence-electron chi connectivity index (χ4n) is 3.21. The number of hydrogen-bond donors (Lipinski definition) is 3. The second-order valence-corrected chi connectivity index (χ2v) is 6.27. The lowest BCUT2D eigenvalue weighted by Gasteiger charge is -2.16. The fraction of sp³-hybridized carbons (Fsp3) is 0.471. The number of aromatic hydroxyl groups is 1. The molecule has 23 heavy (non-hydrogen) atoms. The maximum Gasteiger partial charge on any atom is 0.160 e. The van der Waals surface area contributed by atoms with E-state index in [4.69, 9.17) is 4.74 Å². The summed E-state index contributed by atoms with van der Waals surface area (Å²) in [7, 11) is 1.53. The summed E-state index contributed by atoms with van der Waals surface area (Å²) in [5, 5.41) is 27.3. The molecule has 1 aromatic heterocycles. The number of rotatable bonds is 5. The third-order valence-electron chi connectivity index (χ3n) is 4.36. The summed E-state index contributed by atoms with van der Waals surface area (Å²) >= 11 is 0. The first-order valence-electron chi connectivity index (χ1n) is 7.82. The van der Waals surface area contributed by atoms with Gasteiger partial charge in [-0.3, -0.25) is 10.00 Å². The molecule has 0 unspecified atom stereocenters. The van der Waals surface area contributed by atoms with Gasteiger partial charge in [-0.2, -0.15) is 5.10 Å². The van der Waals surface area contributed by atoms with E-state index in [1.807, 2.05) is 19.1 Å². The normalized spacial score (nSPS) is 21.7. The molecule has 0 spiro atoms. The van der Waals surface area contributed by atoms with Crippen LogP contribution in [0, 0.1) is 12.8 Å². The van der Waals surface area contributed by atoms with Gasteiger partial charge in [0.05, 0.1) is 18.9 Å². The van der Waals surface area contributed by atoms with E-state index >= 15 is 0 Å². The molecule has 6 nitrogen and oxygen atoms in total. The van der Waals surface area contributed by atoms with Crippen LogP contribution < -0.4 is 4.74 Å². The minimum atomic E-state index is -0.348. The summed E-state index contributed by atoms with van der Waals surface area (Å²) < 4.78 is 5.06. The lowest BCUT2D eigenvalue weighted by Crippen LogP contribution is -2.21.